The third-order valence-corrected chi connectivity index (χ3v) is 2.87. The first-order valence-corrected chi connectivity index (χ1v) is 5.21. The average Bonchev–Trinajstić information content (AvgIpc) is 2.43. The van der Waals surface area contributed by atoms with Crippen molar-refractivity contribution in [2.24, 2.45) is 0 Å². The molecule has 3 nitrogen and oxygen atoms in total. The Bertz CT molecular complexity index is 329. The van der Waals surface area contributed by atoms with E-state index in [1.165, 1.54) is 0 Å². The largest absolute Gasteiger partial charge is 0.443 e. The zero-order chi connectivity index (χ0) is 9.42. The molecule has 13 heavy (non-hydrogen) atoms. The molecular weight excluding hydrogens is 186 g/mol. The Morgan fingerprint density at radius 3 is 3.00 bits per heavy atom. The number of hydrogen-bond acceptors (Lipinski definition) is 4. The minimum absolute atomic E-state index is 0.782. The van der Waals surface area contributed by atoms with Gasteiger partial charge in [-0.2, -0.15) is 0 Å². The first kappa shape index (κ1) is 8.72. The van der Waals surface area contributed by atoms with Gasteiger partial charge >= 0.3 is 0 Å². The van der Waals surface area contributed by atoms with E-state index in [9.17, 15) is 5.11 Å². The fraction of sp³-hybridized carbons (Fsp3) is 0.333. The molecule has 0 saturated heterocycles. The van der Waals surface area contributed by atoms with Crippen LogP contribution < -0.4 is 9.64 Å². The van der Waals surface area contributed by atoms with Crippen LogP contribution in [0.4, 0.5) is 5.69 Å². The van der Waals surface area contributed by atoms with Gasteiger partial charge < -0.3 is 14.7 Å². The molecule has 0 amide bonds. The molecule has 1 aliphatic rings. The molecule has 1 atom stereocenters. The van der Waals surface area contributed by atoms with Crippen LogP contribution in [-0.4, -0.2) is 24.8 Å². The molecule has 2 rings (SSSR count). The summed E-state index contributed by atoms with van der Waals surface area (Å²) in [4.78, 5) is 2.76. The van der Waals surface area contributed by atoms with Gasteiger partial charge in [-0.1, -0.05) is 6.07 Å². The van der Waals surface area contributed by atoms with Crippen molar-refractivity contribution in [1.82, 2.24) is 0 Å². The Kier molecular flexibility index (Phi) is 2.09. The van der Waals surface area contributed by atoms with Crippen LogP contribution in [0.15, 0.2) is 23.1 Å². The number of rotatable bonds is 1. The van der Waals surface area contributed by atoms with Crippen LogP contribution in [0, 0.1) is 0 Å². The molecule has 4 heteroatoms. The maximum Gasteiger partial charge on any atom is 0.281 e. The fourth-order valence-electron chi connectivity index (χ4n) is 1.36. The number of ether oxygens (including phenoxy) is 1. The maximum atomic E-state index is 9.43. The van der Waals surface area contributed by atoms with Crippen LogP contribution in [0.1, 0.15) is 0 Å². The average molecular weight is 197 g/mol. The molecule has 1 unspecified atom stereocenters. The lowest BCUT2D eigenvalue weighted by atomic mass is 10.3. The highest BCUT2D eigenvalue weighted by Crippen LogP contribution is 2.41. The number of anilines is 1. The molecule has 0 fully saturated rings. The van der Waals surface area contributed by atoms with Gasteiger partial charge in [-0.15, -0.1) is 11.8 Å². The summed E-state index contributed by atoms with van der Waals surface area (Å²) < 4.78 is 5.30. The second kappa shape index (κ2) is 3.12. The third kappa shape index (κ3) is 1.26. The van der Waals surface area contributed by atoms with Gasteiger partial charge in [-0.05, 0) is 18.4 Å². The minimum atomic E-state index is -0.844. The predicted molar refractivity (Wildman–Crippen MR) is 53.3 cm³/mol. The van der Waals surface area contributed by atoms with Crippen LogP contribution in [0.25, 0.3) is 0 Å². The van der Waals surface area contributed by atoms with Crippen molar-refractivity contribution in [2.45, 2.75) is 11.3 Å². The Labute approximate surface area is 81.3 Å². The van der Waals surface area contributed by atoms with Gasteiger partial charge in [0.25, 0.3) is 6.41 Å². The lowest BCUT2D eigenvalue weighted by Crippen LogP contribution is -2.29. The molecule has 1 aromatic rings. The van der Waals surface area contributed by atoms with E-state index < -0.39 is 6.41 Å². The van der Waals surface area contributed by atoms with E-state index in [2.05, 4.69) is 0 Å². The number of thioether (sulfide) groups is 1. The van der Waals surface area contributed by atoms with E-state index in [0.29, 0.717) is 0 Å². The van der Waals surface area contributed by atoms with Crippen LogP contribution >= 0.6 is 11.8 Å². The summed E-state index contributed by atoms with van der Waals surface area (Å²) in [5.41, 5.74) is 0.944. The first-order chi connectivity index (χ1) is 6.24. The smallest absolute Gasteiger partial charge is 0.281 e. The minimum Gasteiger partial charge on any atom is -0.443 e. The molecule has 1 heterocycles. The summed E-state index contributed by atoms with van der Waals surface area (Å²) in [7, 11) is 1.81. The van der Waals surface area contributed by atoms with Crippen molar-refractivity contribution >= 4 is 17.4 Å². The predicted octanol–water partition coefficient (Wildman–Crippen LogP) is 1.51. The quantitative estimate of drug-likeness (QED) is 0.692. The molecule has 70 valence electrons. The topological polar surface area (TPSA) is 32.7 Å². The Balaban J connectivity index is 2.49. The molecular formula is C9H11NO2S. The molecule has 1 aromatic carbocycles. The number of aliphatic hydroxyl groups is 1. The summed E-state index contributed by atoms with van der Waals surface area (Å²) in [6.07, 6.45) is 1.15. The molecule has 0 radical (unpaired) electrons. The van der Waals surface area contributed by atoms with Crippen LogP contribution in [0.3, 0.4) is 0 Å². The summed E-state index contributed by atoms with van der Waals surface area (Å²) in [5, 5.41) is 9.43. The van der Waals surface area contributed by atoms with Gasteiger partial charge in [0, 0.05) is 7.05 Å². The monoisotopic (exact) mass is 197 g/mol. The van der Waals surface area contributed by atoms with E-state index in [-0.39, 0.29) is 0 Å². The zero-order valence-corrected chi connectivity index (χ0v) is 8.34. The zero-order valence-electron chi connectivity index (χ0n) is 7.52. The summed E-state index contributed by atoms with van der Waals surface area (Å²) in [5.74, 6) is 0.782. The number of nitrogens with zero attached hydrogens (tertiary/aromatic N) is 1. The van der Waals surface area contributed by atoms with Gasteiger partial charge in [0.15, 0.2) is 5.75 Å². The number of benzene rings is 1. The first-order valence-electron chi connectivity index (χ1n) is 3.98. The molecule has 0 saturated carbocycles. The Morgan fingerprint density at radius 2 is 2.31 bits per heavy atom. The molecule has 0 aliphatic carbocycles. The molecule has 1 aliphatic heterocycles. The summed E-state index contributed by atoms with van der Waals surface area (Å²) in [6.45, 7) is 0. The lowest BCUT2D eigenvalue weighted by Gasteiger charge is -2.13. The second-order valence-corrected chi connectivity index (χ2v) is 3.71. The molecule has 1 N–H and O–H groups in total. The molecule has 0 spiro atoms. The van der Waals surface area contributed by atoms with E-state index >= 15 is 0 Å². The maximum absolute atomic E-state index is 9.43. The van der Waals surface area contributed by atoms with E-state index in [1.54, 1.807) is 23.7 Å². The summed E-state index contributed by atoms with van der Waals surface area (Å²) in [6, 6.07) is 5.88. The highest BCUT2D eigenvalue weighted by Gasteiger charge is 2.27. The van der Waals surface area contributed by atoms with E-state index in [4.69, 9.17) is 4.74 Å². The third-order valence-electron chi connectivity index (χ3n) is 2.11. The normalized spacial score (nSPS) is 19.9. The highest BCUT2D eigenvalue weighted by atomic mass is 32.2. The SMILES string of the molecule is CSc1cccc2c1OC(O)N2C. The van der Waals surface area contributed by atoms with Crippen LogP contribution in [0.5, 0.6) is 5.75 Å². The van der Waals surface area contributed by atoms with Gasteiger partial charge in [0.05, 0.1) is 10.6 Å². The van der Waals surface area contributed by atoms with Crippen LogP contribution in [-0.2, 0) is 0 Å². The summed E-state index contributed by atoms with van der Waals surface area (Å²) >= 11 is 1.62. The van der Waals surface area contributed by atoms with Crippen molar-refractivity contribution in [3.8, 4) is 5.75 Å². The van der Waals surface area contributed by atoms with E-state index in [0.717, 1.165) is 16.3 Å². The standard InChI is InChI=1S/C9H11NO2S/c1-10-6-4-3-5-7(13-2)8(6)12-9(10)11/h3-5,9,11H,1-2H3. The van der Waals surface area contributed by atoms with Gasteiger partial charge in [0.2, 0.25) is 0 Å². The second-order valence-electron chi connectivity index (χ2n) is 2.86. The van der Waals surface area contributed by atoms with Crippen molar-refractivity contribution in [3.63, 3.8) is 0 Å². The highest BCUT2D eigenvalue weighted by molar-refractivity contribution is 7.98. The van der Waals surface area contributed by atoms with Crippen molar-refractivity contribution in [1.29, 1.82) is 0 Å². The van der Waals surface area contributed by atoms with Crippen molar-refractivity contribution in [2.75, 3.05) is 18.2 Å². The lowest BCUT2D eigenvalue weighted by molar-refractivity contribution is -0.000598. The Morgan fingerprint density at radius 1 is 1.54 bits per heavy atom. The van der Waals surface area contributed by atoms with Crippen molar-refractivity contribution in [3.05, 3.63) is 18.2 Å². The fourth-order valence-corrected chi connectivity index (χ4v) is 1.92. The Hall–Kier alpha value is -0.870. The van der Waals surface area contributed by atoms with Gasteiger partial charge in [0.1, 0.15) is 0 Å². The van der Waals surface area contributed by atoms with Crippen LogP contribution in [0.2, 0.25) is 0 Å². The number of para-hydroxylation sites is 1. The van der Waals surface area contributed by atoms with Gasteiger partial charge in [-0.25, -0.2) is 0 Å². The van der Waals surface area contributed by atoms with Crippen molar-refractivity contribution < 1.29 is 9.84 Å². The molecule has 0 aromatic heterocycles. The number of aliphatic hydroxyl groups excluding tert-OH is 1. The number of hydrogen-bond donors (Lipinski definition) is 1. The van der Waals surface area contributed by atoms with E-state index in [1.807, 2.05) is 24.5 Å². The molecule has 0 bridgehead atoms. The van der Waals surface area contributed by atoms with Gasteiger partial charge in [-0.3, -0.25) is 0 Å². The number of fused-ring (bicyclic) bond motifs is 1.